The highest BCUT2D eigenvalue weighted by atomic mass is 19.4. The SMILES string of the molecule is Cc1ccc(CN2CCN(C(=O)OC(C)C(F)(F)F)CC2)c(C2CCN(CC(=O)O)CC2)c1. The Bertz CT molecular complexity index is 833. The molecule has 1 atom stereocenters. The molecule has 0 bridgehead atoms. The van der Waals surface area contributed by atoms with Crippen molar-refractivity contribution in [3.05, 3.63) is 34.9 Å². The molecule has 1 aromatic rings. The Labute approximate surface area is 192 Å². The fourth-order valence-corrected chi connectivity index (χ4v) is 4.45. The van der Waals surface area contributed by atoms with E-state index in [1.165, 1.54) is 21.6 Å². The van der Waals surface area contributed by atoms with Crippen LogP contribution in [0.15, 0.2) is 18.2 Å². The summed E-state index contributed by atoms with van der Waals surface area (Å²) in [6.07, 6.45) is -5.81. The van der Waals surface area contributed by atoms with Gasteiger partial charge in [0.25, 0.3) is 0 Å². The van der Waals surface area contributed by atoms with Crippen molar-refractivity contribution in [2.24, 2.45) is 0 Å². The summed E-state index contributed by atoms with van der Waals surface area (Å²) in [5, 5.41) is 9.01. The highest BCUT2D eigenvalue weighted by molar-refractivity contribution is 5.69. The van der Waals surface area contributed by atoms with Gasteiger partial charge in [0.05, 0.1) is 6.54 Å². The van der Waals surface area contributed by atoms with Crippen LogP contribution in [-0.2, 0) is 16.1 Å². The summed E-state index contributed by atoms with van der Waals surface area (Å²) in [5.74, 6) is -0.439. The number of aliphatic carboxylic acids is 1. The number of carboxylic acids is 1. The van der Waals surface area contributed by atoms with E-state index in [1.54, 1.807) is 0 Å². The molecule has 1 amide bonds. The second-order valence-corrected chi connectivity index (χ2v) is 8.98. The van der Waals surface area contributed by atoms with Crippen molar-refractivity contribution in [1.29, 1.82) is 0 Å². The topological polar surface area (TPSA) is 73.3 Å². The first-order valence-electron chi connectivity index (χ1n) is 11.3. The number of piperidine rings is 1. The molecular formula is C23H32F3N3O4. The van der Waals surface area contributed by atoms with Gasteiger partial charge in [0.2, 0.25) is 0 Å². The molecule has 0 saturated carbocycles. The maximum absolute atomic E-state index is 12.6. The number of hydrogen-bond donors (Lipinski definition) is 1. The third-order valence-corrected chi connectivity index (χ3v) is 6.45. The molecule has 2 aliphatic heterocycles. The normalized spacial score (nSPS) is 20.0. The summed E-state index contributed by atoms with van der Waals surface area (Å²) in [7, 11) is 0. The first-order valence-corrected chi connectivity index (χ1v) is 11.3. The summed E-state index contributed by atoms with van der Waals surface area (Å²) in [5.41, 5.74) is 3.66. The van der Waals surface area contributed by atoms with E-state index in [2.05, 4.69) is 34.8 Å². The predicted octanol–water partition coefficient (Wildman–Crippen LogP) is 3.46. The minimum Gasteiger partial charge on any atom is -0.480 e. The van der Waals surface area contributed by atoms with Crippen molar-refractivity contribution < 1.29 is 32.6 Å². The lowest BCUT2D eigenvalue weighted by Crippen LogP contribution is -2.49. The molecule has 33 heavy (non-hydrogen) atoms. The summed E-state index contributed by atoms with van der Waals surface area (Å²) in [6, 6.07) is 6.41. The fourth-order valence-electron chi connectivity index (χ4n) is 4.45. The van der Waals surface area contributed by atoms with Crippen LogP contribution in [0.25, 0.3) is 0 Å². The van der Waals surface area contributed by atoms with Gasteiger partial charge in [-0.3, -0.25) is 14.6 Å². The van der Waals surface area contributed by atoms with Crippen LogP contribution in [0.5, 0.6) is 0 Å². The van der Waals surface area contributed by atoms with Crippen LogP contribution in [0.1, 0.15) is 42.4 Å². The van der Waals surface area contributed by atoms with Gasteiger partial charge in [-0.25, -0.2) is 4.79 Å². The Hall–Kier alpha value is -2.33. The Morgan fingerprint density at radius 2 is 1.73 bits per heavy atom. The number of alkyl halides is 3. The second kappa shape index (κ2) is 10.7. The van der Waals surface area contributed by atoms with Crippen molar-refractivity contribution in [1.82, 2.24) is 14.7 Å². The molecule has 1 aromatic carbocycles. The molecule has 7 nitrogen and oxygen atoms in total. The van der Waals surface area contributed by atoms with Crippen molar-refractivity contribution in [2.45, 2.75) is 51.4 Å². The molecule has 1 unspecified atom stereocenters. The molecule has 0 radical (unpaired) electrons. The van der Waals surface area contributed by atoms with Gasteiger partial charge >= 0.3 is 18.2 Å². The van der Waals surface area contributed by atoms with Crippen LogP contribution in [0.4, 0.5) is 18.0 Å². The number of carboxylic acid groups (broad SMARTS) is 1. The van der Waals surface area contributed by atoms with Crippen molar-refractivity contribution in [3.8, 4) is 0 Å². The summed E-state index contributed by atoms with van der Waals surface area (Å²) >= 11 is 0. The molecule has 3 rings (SSSR count). The number of piperazine rings is 1. The Balaban J connectivity index is 1.56. The number of hydrogen-bond acceptors (Lipinski definition) is 5. The standard InChI is InChI=1S/C23H32F3N3O4/c1-16-3-4-19(20(13-16)18-5-7-27(8-6-18)15-21(30)31)14-28-9-11-29(12-10-28)22(32)33-17(2)23(24,25)26/h3-4,13,17-18H,5-12,14-15H2,1-2H3,(H,30,31). The van der Waals surface area contributed by atoms with Gasteiger partial charge in [-0.2, -0.15) is 13.2 Å². The van der Waals surface area contributed by atoms with Gasteiger partial charge in [0, 0.05) is 32.7 Å². The van der Waals surface area contributed by atoms with E-state index in [0.717, 1.165) is 32.9 Å². The molecule has 0 spiro atoms. The highest BCUT2D eigenvalue weighted by Gasteiger charge is 2.40. The molecular weight excluding hydrogens is 439 g/mol. The number of carbonyl (C=O) groups excluding carboxylic acids is 1. The first kappa shape index (κ1) is 25.3. The van der Waals surface area contributed by atoms with Crippen LogP contribution in [-0.4, -0.2) is 90.0 Å². The molecule has 1 N–H and O–H groups in total. The average molecular weight is 472 g/mol. The minimum absolute atomic E-state index is 0.0713. The molecule has 10 heteroatoms. The second-order valence-electron chi connectivity index (χ2n) is 8.98. The third kappa shape index (κ3) is 7.07. The lowest BCUT2D eigenvalue weighted by Gasteiger charge is -2.36. The number of carbonyl (C=O) groups is 2. The van der Waals surface area contributed by atoms with Gasteiger partial charge in [-0.05, 0) is 56.8 Å². The third-order valence-electron chi connectivity index (χ3n) is 6.45. The zero-order chi connectivity index (χ0) is 24.2. The molecule has 2 heterocycles. The Morgan fingerprint density at radius 3 is 2.30 bits per heavy atom. The highest BCUT2D eigenvalue weighted by Crippen LogP contribution is 2.32. The summed E-state index contributed by atoms with van der Waals surface area (Å²) in [6.45, 7) is 6.91. The number of rotatable bonds is 6. The van der Waals surface area contributed by atoms with Crippen LogP contribution < -0.4 is 0 Å². The van der Waals surface area contributed by atoms with E-state index in [0.29, 0.717) is 38.6 Å². The van der Waals surface area contributed by atoms with Crippen molar-refractivity contribution >= 4 is 12.1 Å². The van der Waals surface area contributed by atoms with Crippen LogP contribution in [0.2, 0.25) is 0 Å². The van der Waals surface area contributed by atoms with Gasteiger partial charge < -0.3 is 14.7 Å². The predicted molar refractivity (Wildman–Crippen MR) is 116 cm³/mol. The van der Waals surface area contributed by atoms with E-state index in [-0.39, 0.29) is 6.54 Å². The summed E-state index contributed by atoms with van der Waals surface area (Å²) in [4.78, 5) is 28.5. The zero-order valence-electron chi connectivity index (χ0n) is 19.1. The van der Waals surface area contributed by atoms with Crippen LogP contribution in [0.3, 0.4) is 0 Å². The molecule has 0 aromatic heterocycles. The van der Waals surface area contributed by atoms with Crippen LogP contribution in [0, 0.1) is 6.92 Å². The minimum atomic E-state index is -4.57. The fraction of sp³-hybridized carbons (Fsp3) is 0.652. The molecule has 2 fully saturated rings. The van der Waals surface area contributed by atoms with E-state index in [4.69, 9.17) is 5.11 Å². The van der Waals surface area contributed by atoms with Crippen molar-refractivity contribution in [3.63, 3.8) is 0 Å². The van der Waals surface area contributed by atoms with E-state index in [9.17, 15) is 22.8 Å². The van der Waals surface area contributed by atoms with Gasteiger partial charge in [-0.1, -0.05) is 23.8 Å². The molecule has 0 aliphatic carbocycles. The number of ether oxygens (including phenoxy) is 1. The first-order chi connectivity index (χ1) is 15.5. The van der Waals surface area contributed by atoms with E-state index >= 15 is 0 Å². The molecule has 2 saturated heterocycles. The van der Waals surface area contributed by atoms with E-state index in [1.807, 2.05) is 4.90 Å². The largest absolute Gasteiger partial charge is 0.480 e. The number of aryl methyl sites for hydroxylation is 1. The lowest BCUT2D eigenvalue weighted by atomic mass is 9.85. The molecule has 2 aliphatic rings. The average Bonchev–Trinajstić information content (AvgIpc) is 2.75. The molecule has 184 valence electrons. The monoisotopic (exact) mass is 471 g/mol. The maximum Gasteiger partial charge on any atom is 0.425 e. The van der Waals surface area contributed by atoms with Crippen LogP contribution >= 0.6 is 0 Å². The number of nitrogens with zero attached hydrogens (tertiary/aromatic N) is 3. The lowest BCUT2D eigenvalue weighted by molar-refractivity contribution is -0.200. The zero-order valence-corrected chi connectivity index (χ0v) is 19.1. The number of amides is 1. The number of likely N-dealkylation sites (tertiary alicyclic amines) is 1. The van der Waals surface area contributed by atoms with Gasteiger partial charge in [0.1, 0.15) is 0 Å². The van der Waals surface area contributed by atoms with Gasteiger partial charge in [0.15, 0.2) is 6.10 Å². The Kier molecular flexibility index (Phi) is 8.23. The smallest absolute Gasteiger partial charge is 0.425 e. The van der Waals surface area contributed by atoms with Gasteiger partial charge in [-0.15, -0.1) is 0 Å². The van der Waals surface area contributed by atoms with E-state index < -0.39 is 24.3 Å². The quantitative estimate of drug-likeness (QED) is 0.685. The summed E-state index contributed by atoms with van der Waals surface area (Å²) < 4.78 is 42.5. The maximum atomic E-state index is 12.6. The number of benzene rings is 1. The Morgan fingerprint density at radius 1 is 1.09 bits per heavy atom. The van der Waals surface area contributed by atoms with Crippen molar-refractivity contribution in [2.75, 3.05) is 45.8 Å². The number of halogens is 3.